The first kappa shape index (κ1) is 12.2. The molecule has 0 spiro atoms. The monoisotopic (exact) mass is 354 g/mol. The molecule has 1 aliphatic rings. The Morgan fingerprint density at radius 2 is 2.06 bits per heavy atom. The summed E-state index contributed by atoms with van der Waals surface area (Å²) in [4.78, 5) is 4.16. The van der Waals surface area contributed by atoms with E-state index < -0.39 is 6.10 Å². The summed E-state index contributed by atoms with van der Waals surface area (Å²) < 4.78 is 3.34. The molecular weight excluding hydrogens is 339 g/mol. The Morgan fingerprint density at radius 1 is 1.33 bits per heavy atom. The normalized spacial score (nSPS) is 16.8. The van der Waals surface area contributed by atoms with Crippen LogP contribution in [0.3, 0.4) is 0 Å². The number of nitrogens with zero attached hydrogens (tertiary/aromatic N) is 2. The van der Waals surface area contributed by atoms with E-state index in [9.17, 15) is 5.11 Å². The standard InChI is InChI=1S/C14H15IN2O/c15-11-3-1-10(2-4-11)7-14(18)13-8-16-9-17(13)12-5-6-12/h1-4,8-9,12,14,18H,5-7H2. The highest BCUT2D eigenvalue weighted by molar-refractivity contribution is 14.1. The van der Waals surface area contributed by atoms with Crippen molar-refractivity contribution in [3.05, 3.63) is 51.6 Å². The summed E-state index contributed by atoms with van der Waals surface area (Å²) in [5.74, 6) is 0. The lowest BCUT2D eigenvalue weighted by molar-refractivity contribution is 0.168. The van der Waals surface area contributed by atoms with Crippen molar-refractivity contribution in [3.63, 3.8) is 0 Å². The second kappa shape index (κ2) is 5.01. The number of halogens is 1. The molecule has 0 amide bonds. The van der Waals surface area contributed by atoms with E-state index in [0.717, 1.165) is 11.3 Å². The molecule has 1 aliphatic carbocycles. The van der Waals surface area contributed by atoms with Crippen LogP contribution in [0.1, 0.15) is 36.2 Å². The van der Waals surface area contributed by atoms with E-state index in [0.29, 0.717) is 12.5 Å². The van der Waals surface area contributed by atoms with Crippen molar-refractivity contribution < 1.29 is 5.11 Å². The van der Waals surface area contributed by atoms with E-state index in [1.807, 2.05) is 6.33 Å². The third kappa shape index (κ3) is 2.59. The Morgan fingerprint density at radius 3 is 2.72 bits per heavy atom. The number of rotatable bonds is 4. The fourth-order valence-corrected chi connectivity index (χ4v) is 2.54. The molecule has 4 heteroatoms. The van der Waals surface area contributed by atoms with E-state index in [-0.39, 0.29) is 0 Å². The number of aliphatic hydroxyl groups excluding tert-OH is 1. The second-order valence-corrected chi connectivity index (χ2v) is 6.05. The van der Waals surface area contributed by atoms with Crippen LogP contribution in [0.15, 0.2) is 36.8 Å². The summed E-state index contributed by atoms with van der Waals surface area (Å²) in [5, 5.41) is 10.3. The molecule has 1 atom stereocenters. The first-order chi connectivity index (χ1) is 8.74. The molecule has 3 nitrogen and oxygen atoms in total. The maximum atomic E-state index is 10.3. The number of imidazole rings is 1. The van der Waals surface area contributed by atoms with Crippen molar-refractivity contribution in [1.29, 1.82) is 0 Å². The van der Waals surface area contributed by atoms with Crippen LogP contribution < -0.4 is 0 Å². The Balaban J connectivity index is 1.75. The molecule has 18 heavy (non-hydrogen) atoms. The third-order valence-electron chi connectivity index (χ3n) is 3.32. The van der Waals surface area contributed by atoms with Crippen molar-refractivity contribution in [2.24, 2.45) is 0 Å². The molecule has 1 N–H and O–H groups in total. The van der Waals surface area contributed by atoms with Crippen molar-refractivity contribution in [2.45, 2.75) is 31.4 Å². The van der Waals surface area contributed by atoms with E-state index in [2.05, 4.69) is 56.4 Å². The van der Waals surface area contributed by atoms with E-state index in [4.69, 9.17) is 0 Å². The van der Waals surface area contributed by atoms with Gasteiger partial charge in [-0.25, -0.2) is 4.98 Å². The Labute approximate surface area is 120 Å². The third-order valence-corrected chi connectivity index (χ3v) is 4.04. The summed E-state index contributed by atoms with van der Waals surface area (Å²) in [6.07, 6.45) is 6.22. The highest BCUT2D eigenvalue weighted by Crippen LogP contribution is 2.37. The maximum absolute atomic E-state index is 10.3. The van der Waals surface area contributed by atoms with Gasteiger partial charge in [0.25, 0.3) is 0 Å². The van der Waals surface area contributed by atoms with E-state index in [1.54, 1.807) is 6.20 Å². The average molecular weight is 354 g/mol. The van der Waals surface area contributed by atoms with Crippen LogP contribution >= 0.6 is 22.6 Å². The fraction of sp³-hybridized carbons (Fsp3) is 0.357. The molecule has 1 saturated carbocycles. The van der Waals surface area contributed by atoms with E-state index in [1.165, 1.54) is 16.4 Å². The predicted molar refractivity (Wildman–Crippen MR) is 78.3 cm³/mol. The molecule has 2 aromatic rings. The zero-order valence-corrected chi connectivity index (χ0v) is 12.1. The maximum Gasteiger partial charge on any atom is 0.0996 e. The number of benzene rings is 1. The van der Waals surface area contributed by atoms with Crippen LogP contribution in [0.2, 0.25) is 0 Å². The quantitative estimate of drug-likeness (QED) is 0.857. The minimum absolute atomic E-state index is 0.465. The molecule has 0 aliphatic heterocycles. The highest BCUT2D eigenvalue weighted by Gasteiger charge is 2.27. The summed E-state index contributed by atoms with van der Waals surface area (Å²) in [6, 6.07) is 8.85. The molecule has 0 radical (unpaired) electrons. The molecule has 3 rings (SSSR count). The molecule has 0 saturated heterocycles. The average Bonchev–Trinajstić information content (AvgIpc) is 3.09. The van der Waals surface area contributed by atoms with Crippen LogP contribution in [-0.4, -0.2) is 14.7 Å². The van der Waals surface area contributed by atoms with Gasteiger partial charge in [-0.15, -0.1) is 0 Å². The van der Waals surface area contributed by atoms with Gasteiger partial charge in [-0.3, -0.25) is 0 Å². The first-order valence-corrected chi connectivity index (χ1v) is 7.26. The molecule has 0 bridgehead atoms. The zero-order valence-electron chi connectivity index (χ0n) is 9.96. The fourth-order valence-electron chi connectivity index (χ4n) is 2.18. The lowest BCUT2D eigenvalue weighted by Gasteiger charge is -2.13. The van der Waals surface area contributed by atoms with Gasteiger partial charge in [-0.1, -0.05) is 12.1 Å². The highest BCUT2D eigenvalue weighted by atomic mass is 127. The van der Waals surface area contributed by atoms with Crippen LogP contribution in [0.4, 0.5) is 0 Å². The van der Waals surface area contributed by atoms with Crippen molar-refractivity contribution in [3.8, 4) is 0 Å². The number of aromatic nitrogens is 2. The minimum Gasteiger partial charge on any atom is -0.386 e. The van der Waals surface area contributed by atoms with Gasteiger partial charge < -0.3 is 9.67 Å². The first-order valence-electron chi connectivity index (χ1n) is 6.18. The molecule has 1 heterocycles. The number of aliphatic hydroxyl groups is 1. The van der Waals surface area contributed by atoms with Crippen molar-refractivity contribution in [2.75, 3.05) is 0 Å². The van der Waals surface area contributed by atoms with Gasteiger partial charge in [0.2, 0.25) is 0 Å². The smallest absolute Gasteiger partial charge is 0.0996 e. The Bertz CT molecular complexity index is 531. The SMILES string of the molecule is OC(Cc1ccc(I)cc1)c1cncn1C1CC1. The van der Waals surface area contributed by atoms with Crippen molar-refractivity contribution >= 4 is 22.6 Å². The minimum atomic E-state index is -0.465. The largest absolute Gasteiger partial charge is 0.386 e. The zero-order chi connectivity index (χ0) is 12.5. The Hall–Kier alpha value is -0.880. The summed E-state index contributed by atoms with van der Waals surface area (Å²) in [7, 11) is 0. The second-order valence-electron chi connectivity index (χ2n) is 4.80. The molecule has 1 aromatic heterocycles. The lowest BCUT2D eigenvalue weighted by atomic mass is 10.1. The summed E-state index contributed by atoms with van der Waals surface area (Å²) in [5.41, 5.74) is 2.10. The Kier molecular flexibility index (Phi) is 3.39. The molecule has 1 fully saturated rings. The van der Waals surface area contributed by atoms with Crippen LogP contribution in [0.25, 0.3) is 0 Å². The predicted octanol–water partition coefficient (Wildman–Crippen LogP) is 3.10. The lowest BCUT2D eigenvalue weighted by Crippen LogP contribution is -2.08. The van der Waals surface area contributed by atoms with Crippen molar-refractivity contribution in [1.82, 2.24) is 9.55 Å². The number of hydrogen-bond acceptors (Lipinski definition) is 2. The van der Waals surface area contributed by atoms with Gasteiger partial charge in [0.05, 0.1) is 24.3 Å². The van der Waals surface area contributed by atoms with Gasteiger partial charge in [-0.05, 0) is 53.1 Å². The molecule has 1 unspecified atom stereocenters. The van der Waals surface area contributed by atoms with Gasteiger partial charge >= 0.3 is 0 Å². The number of hydrogen-bond donors (Lipinski definition) is 1. The van der Waals surface area contributed by atoms with E-state index >= 15 is 0 Å². The van der Waals surface area contributed by atoms with Crippen LogP contribution in [-0.2, 0) is 6.42 Å². The molecule has 1 aromatic carbocycles. The molecular formula is C14H15IN2O. The summed E-state index contributed by atoms with van der Waals surface area (Å²) in [6.45, 7) is 0. The van der Waals surface area contributed by atoms with Gasteiger partial charge in [0.1, 0.15) is 0 Å². The molecule has 94 valence electrons. The van der Waals surface area contributed by atoms with Crippen LogP contribution in [0, 0.1) is 3.57 Å². The van der Waals surface area contributed by atoms with Gasteiger partial charge in [-0.2, -0.15) is 0 Å². The van der Waals surface area contributed by atoms with Gasteiger partial charge in [0.15, 0.2) is 0 Å². The summed E-state index contributed by atoms with van der Waals surface area (Å²) >= 11 is 2.29. The van der Waals surface area contributed by atoms with Crippen LogP contribution in [0.5, 0.6) is 0 Å². The topological polar surface area (TPSA) is 38.1 Å². The van der Waals surface area contributed by atoms with Gasteiger partial charge in [0, 0.05) is 16.0 Å².